The smallest absolute Gasteiger partial charge is 0.119 e. The van der Waals surface area contributed by atoms with Crippen LogP contribution in [0.25, 0.3) is 0 Å². The van der Waals surface area contributed by atoms with Crippen LogP contribution < -0.4 is 10.5 Å². The first-order valence-electron chi connectivity index (χ1n) is 6.42. The maximum absolute atomic E-state index is 10.1. The van der Waals surface area contributed by atoms with Gasteiger partial charge in [0.15, 0.2) is 0 Å². The molecule has 3 heteroatoms. The fraction of sp³-hybridized carbons (Fsp3) is 0.467. The van der Waals surface area contributed by atoms with Crippen molar-refractivity contribution in [2.75, 3.05) is 13.2 Å². The van der Waals surface area contributed by atoms with Crippen molar-refractivity contribution in [2.24, 2.45) is 5.73 Å². The summed E-state index contributed by atoms with van der Waals surface area (Å²) in [6, 6.07) is 7.99. The minimum Gasteiger partial charge on any atom is -0.491 e. The topological polar surface area (TPSA) is 55.5 Å². The van der Waals surface area contributed by atoms with Gasteiger partial charge in [-0.05, 0) is 37.1 Å². The van der Waals surface area contributed by atoms with Crippen LogP contribution in [0.5, 0.6) is 5.75 Å². The predicted molar refractivity (Wildman–Crippen MR) is 72.6 cm³/mol. The molecule has 0 unspecified atom stereocenters. The molecule has 98 valence electrons. The van der Waals surface area contributed by atoms with Gasteiger partial charge < -0.3 is 15.6 Å². The van der Waals surface area contributed by atoms with E-state index in [4.69, 9.17) is 10.5 Å². The van der Waals surface area contributed by atoms with E-state index in [-0.39, 0.29) is 0 Å². The Kier molecular flexibility index (Phi) is 4.04. The van der Waals surface area contributed by atoms with Crippen LogP contribution in [0.1, 0.15) is 24.8 Å². The van der Waals surface area contributed by atoms with Gasteiger partial charge in [0.2, 0.25) is 0 Å². The summed E-state index contributed by atoms with van der Waals surface area (Å²) in [6.07, 6.45) is 3.25. The van der Waals surface area contributed by atoms with Gasteiger partial charge in [0.1, 0.15) is 18.0 Å². The van der Waals surface area contributed by atoms with E-state index in [1.165, 1.54) is 5.56 Å². The minimum absolute atomic E-state index is 0.340. The molecule has 1 aromatic carbocycles. The molecule has 3 N–H and O–H groups in total. The largest absolute Gasteiger partial charge is 0.491 e. The second kappa shape index (κ2) is 5.55. The van der Waals surface area contributed by atoms with Crippen LogP contribution in [0.2, 0.25) is 0 Å². The van der Waals surface area contributed by atoms with Crippen LogP contribution in [0, 0.1) is 0 Å². The highest BCUT2D eigenvalue weighted by Gasteiger charge is 2.38. The molecule has 0 bridgehead atoms. The lowest BCUT2D eigenvalue weighted by Crippen LogP contribution is -2.44. The van der Waals surface area contributed by atoms with Crippen LogP contribution in [-0.4, -0.2) is 23.9 Å². The maximum atomic E-state index is 10.1. The third-order valence-electron chi connectivity index (χ3n) is 3.23. The van der Waals surface area contributed by atoms with E-state index in [1.54, 1.807) is 0 Å². The molecule has 1 saturated carbocycles. The number of benzene rings is 1. The van der Waals surface area contributed by atoms with E-state index in [0.717, 1.165) is 24.2 Å². The van der Waals surface area contributed by atoms with Gasteiger partial charge in [-0.25, -0.2) is 0 Å². The Morgan fingerprint density at radius 1 is 1.39 bits per heavy atom. The molecule has 0 saturated heterocycles. The van der Waals surface area contributed by atoms with Gasteiger partial charge in [0.05, 0.1) is 0 Å². The molecule has 0 spiro atoms. The molecule has 1 aliphatic rings. The van der Waals surface area contributed by atoms with E-state index in [2.05, 4.69) is 12.6 Å². The van der Waals surface area contributed by atoms with E-state index in [1.807, 2.05) is 18.2 Å². The van der Waals surface area contributed by atoms with Crippen LogP contribution in [0.15, 0.2) is 36.4 Å². The quantitative estimate of drug-likeness (QED) is 0.756. The molecule has 2 rings (SSSR count). The molecule has 0 radical (unpaired) electrons. The zero-order chi connectivity index (χ0) is 13.0. The highest BCUT2D eigenvalue weighted by molar-refractivity contribution is 5.29. The van der Waals surface area contributed by atoms with Gasteiger partial charge in [-0.3, -0.25) is 0 Å². The molecular weight excluding hydrogens is 226 g/mol. The normalized spacial score (nSPS) is 17.3. The minimum atomic E-state index is -0.704. The highest BCUT2D eigenvalue weighted by atomic mass is 16.5. The number of aliphatic hydroxyl groups is 1. The lowest BCUT2D eigenvalue weighted by molar-refractivity contribution is -0.0360. The van der Waals surface area contributed by atoms with Gasteiger partial charge in [0, 0.05) is 12.8 Å². The van der Waals surface area contributed by atoms with E-state index < -0.39 is 5.60 Å². The van der Waals surface area contributed by atoms with Crippen LogP contribution in [0.4, 0.5) is 0 Å². The summed E-state index contributed by atoms with van der Waals surface area (Å²) in [7, 11) is 0. The lowest BCUT2D eigenvalue weighted by Gasteiger charge is -2.38. The van der Waals surface area contributed by atoms with E-state index in [9.17, 15) is 5.11 Å². The summed E-state index contributed by atoms with van der Waals surface area (Å²) in [4.78, 5) is 0. The fourth-order valence-electron chi connectivity index (χ4n) is 2.30. The standard InChI is InChI=1S/C15H21NO2/c1-12-9-15(17,10-12)11-18-14-6-2-4-13(8-14)5-3-7-16/h2,4,6,8,17H,1,3,5,7,9-11,16H2. The summed E-state index contributed by atoms with van der Waals surface area (Å²) >= 11 is 0. The van der Waals surface area contributed by atoms with Gasteiger partial charge in [0.25, 0.3) is 0 Å². The Labute approximate surface area is 108 Å². The van der Waals surface area contributed by atoms with Crippen molar-refractivity contribution in [1.29, 1.82) is 0 Å². The second-order valence-electron chi connectivity index (χ2n) is 5.16. The van der Waals surface area contributed by atoms with Crippen molar-refractivity contribution in [1.82, 2.24) is 0 Å². The summed E-state index contributed by atoms with van der Waals surface area (Å²) in [5.41, 5.74) is 7.11. The van der Waals surface area contributed by atoms with Crippen molar-refractivity contribution in [3.63, 3.8) is 0 Å². The summed E-state index contributed by atoms with van der Waals surface area (Å²) in [6.45, 7) is 4.87. The molecule has 1 aromatic rings. The Morgan fingerprint density at radius 2 is 2.17 bits per heavy atom. The van der Waals surface area contributed by atoms with Crippen molar-refractivity contribution >= 4 is 0 Å². The number of hydrogen-bond acceptors (Lipinski definition) is 3. The van der Waals surface area contributed by atoms with Crippen molar-refractivity contribution in [2.45, 2.75) is 31.3 Å². The Bertz CT molecular complexity index is 420. The van der Waals surface area contributed by atoms with Crippen molar-refractivity contribution < 1.29 is 9.84 Å². The SMILES string of the molecule is C=C1CC(O)(COc2cccc(CCCN)c2)C1. The molecule has 1 aliphatic carbocycles. The highest BCUT2D eigenvalue weighted by Crippen LogP contribution is 2.36. The first-order chi connectivity index (χ1) is 8.61. The second-order valence-corrected chi connectivity index (χ2v) is 5.16. The molecule has 0 atom stereocenters. The van der Waals surface area contributed by atoms with E-state index >= 15 is 0 Å². The number of aryl methyl sites for hydroxylation is 1. The number of hydrogen-bond donors (Lipinski definition) is 2. The average Bonchev–Trinajstić information content (AvgIpc) is 2.33. The predicted octanol–water partition coefficient (Wildman–Crippen LogP) is 2.04. The number of nitrogens with two attached hydrogens (primary N) is 1. The Balaban J connectivity index is 1.87. The number of rotatable bonds is 6. The van der Waals surface area contributed by atoms with E-state index in [0.29, 0.717) is 26.0 Å². The Hall–Kier alpha value is -1.32. The average molecular weight is 247 g/mol. The molecular formula is C15H21NO2. The van der Waals surface area contributed by atoms with Crippen molar-refractivity contribution in [3.05, 3.63) is 42.0 Å². The zero-order valence-electron chi connectivity index (χ0n) is 10.7. The first kappa shape index (κ1) is 13.1. The van der Waals surface area contributed by atoms with Gasteiger partial charge in [-0.2, -0.15) is 0 Å². The zero-order valence-corrected chi connectivity index (χ0v) is 10.7. The molecule has 3 nitrogen and oxygen atoms in total. The summed E-state index contributed by atoms with van der Waals surface area (Å²) in [5.74, 6) is 0.815. The molecule has 0 amide bonds. The lowest BCUT2D eigenvalue weighted by atomic mass is 9.77. The summed E-state index contributed by atoms with van der Waals surface area (Å²) < 4.78 is 5.66. The molecule has 0 aliphatic heterocycles. The first-order valence-corrected chi connectivity index (χ1v) is 6.42. The van der Waals surface area contributed by atoms with Crippen LogP contribution in [0.3, 0.4) is 0 Å². The summed E-state index contributed by atoms with van der Waals surface area (Å²) in [5, 5.41) is 10.1. The molecule has 18 heavy (non-hydrogen) atoms. The van der Waals surface area contributed by atoms with Gasteiger partial charge in [-0.1, -0.05) is 24.3 Å². The molecule has 0 heterocycles. The third-order valence-corrected chi connectivity index (χ3v) is 3.23. The fourth-order valence-corrected chi connectivity index (χ4v) is 2.30. The van der Waals surface area contributed by atoms with Crippen LogP contribution >= 0.6 is 0 Å². The molecule has 1 fully saturated rings. The number of ether oxygens (including phenoxy) is 1. The monoisotopic (exact) mass is 247 g/mol. The van der Waals surface area contributed by atoms with Crippen molar-refractivity contribution in [3.8, 4) is 5.75 Å². The Morgan fingerprint density at radius 3 is 2.83 bits per heavy atom. The van der Waals surface area contributed by atoms with Gasteiger partial charge in [-0.15, -0.1) is 0 Å². The molecule has 0 aromatic heterocycles. The van der Waals surface area contributed by atoms with Gasteiger partial charge >= 0.3 is 0 Å². The maximum Gasteiger partial charge on any atom is 0.119 e. The van der Waals surface area contributed by atoms with Crippen LogP contribution in [-0.2, 0) is 6.42 Å². The third kappa shape index (κ3) is 3.34.